The summed E-state index contributed by atoms with van der Waals surface area (Å²) in [6, 6.07) is 5.59. The lowest BCUT2D eigenvalue weighted by Crippen LogP contribution is -2.40. The van der Waals surface area contributed by atoms with E-state index in [1.165, 1.54) is 0 Å². The highest BCUT2D eigenvalue weighted by Gasteiger charge is 2.28. The number of aryl methyl sites for hydroxylation is 1. The monoisotopic (exact) mass is 233 g/mol. The molecule has 1 aliphatic rings. The Balaban J connectivity index is 2.01. The average molecular weight is 233 g/mol. The molecule has 1 fully saturated rings. The molecule has 1 saturated carbocycles. The summed E-state index contributed by atoms with van der Waals surface area (Å²) in [5.41, 5.74) is 6.88. The van der Waals surface area contributed by atoms with Crippen LogP contribution in [0.4, 0.5) is 5.82 Å². The van der Waals surface area contributed by atoms with Gasteiger partial charge in [-0.1, -0.05) is 18.9 Å². The molecule has 0 bridgehead atoms. The first-order valence-corrected chi connectivity index (χ1v) is 6.17. The number of aromatic nitrogens is 1. The summed E-state index contributed by atoms with van der Waals surface area (Å²) < 4.78 is 0. The van der Waals surface area contributed by atoms with Crippen molar-refractivity contribution < 1.29 is 4.79 Å². The molecule has 1 aromatic rings. The van der Waals surface area contributed by atoms with Crippen molar-refractivity contribution in [1.82, 2.24) is 4.98 Å². The number of hydrogen-bond acceptors (Lipinski definition) is 3. The maximum Gasteiger partial charge on any atom is 0.230 e. The minimum Gasteiger partial charge on any atom is -0.327 e. The number of amides is 1. The summed E-state index contributed by atoms with van der Waals surface area (Å²) in [4.78, 5) is 16.3. The third-order valence-electron chi connectivity index (χ3n) is 3.30. The summed E-state index contributed by atoms with van der Waals surface area (Å²) in [7, 11) is 0. The smallest absolute Gasteiger partial charge is 0.230 e. The van der Waals surface area contributed by atoms with Crippen LogP contribution in [0.5, 0.6) is 0 Å². The van der Waals surface area contributed by atoms with Gasteiger partial charge in [0.15, 0.2) is 0 Å². The normalized spacial score (nSPS) is 24.4. The van der Waals surface area contributed by atoms with Crippen LogP contribution in [0.25, 0.3) is 0 Å². The molecule has 2 atom stereocenters. The maximum atomic E-state index is 12.1. The topological polar surface area (TPSA) is 68.0 Å². The zero-order valence-electron chi connectivity index (χ0n) is 10.1. The lowest BCUT2D eigenvalue weighted by molar-refractivity contribution is -0.121. The van der Waals surface area contributed by atoms with Crippen molar-refractivity contribution in [2.45, 2.75) is 38.6 Å². The zero-order valence-corrected chi connectivity index (χ0v) is 10.1. The fraction of sp³-hybridized carbons (Fsp3) is 0.538. The molecular weight excluding hydrogens is 214 g/mol. The second-order valence-electron chi connectivity index (χ2n) is 4.71. The summed E-state index contributed by atoms with van der Waals surface area (Å²) >= 11 is 0. The Bertz CT molecular complexity index is 405. The quantitative estimate of drug-likeness (QED) is 0.819. The van der Waals surface area contributed by atoms with Crippen LogP contribution in [0.15, 0.2) is 18.2 Å². The van der Waals surface area contributed by atoms with Crippen molar-refractivity contribution in [1.29, 1.82) is 0 Å². The van der Waals surface area contributed by atoms with Gasteiger partial charge in [-0.15, -0.1) is 0 Å². The van der Waals surface area contributed by atoms with Crippen molar-refractivity contribution in [2.24, 2.45) is 11.7 Å². The Kier molecular flexibility index (Phi) is 3.74. The first kappa shape index (κ1) is 12.0. The molecular formula is C13H19N3O. The fourth-order valence-electron chi connectivity index (χ4n) is 2.32. The number of rotatable bonds is 2. The summed E-state index contributed by atoms with van der Waals surface area (Å²) in [5, 5.41) is 2.85. The highest BCUT2D eigenvalue weighted by Crippen LogP contribution is 2.24. The predicted molar refractivity (Wildman–Crippen MR) is 67.5 cm³/mol. The summed E-state index contributed by atoms with van der Waals surface area (Å²) in [6.45, 7) is 1.90. The van der Waals surface area contributed by atoms with E-state index in [1.807, 2.05) is 19.1 Å². The van der Waals surface area contributed by atoms with E-state index in [4.69, 9.17) is 5.73 Å². The molecule has 0 saturated heterocycles. The number of anilines is 1. The highest BCUT2D eigenvalue weighted by molar-refractivity contribution is 5.92. The van der Waals surface area contributed by atoms with Crippen LogP contribution in [0, 0.1) is 12.8 Å². The van der Waals surface area contributed by atoms with E-state index in [0.29, 0.717) is 5.82 Å². The Labute approximate surface area is 102 Å². The molecule has 1 aliphatic carbocycles. The van der Waals surface area contributed by atoms with Gasteiger partial charge in [0, 0.05) is 11.7 Å². The Morgan fingerprint density at radius 2 is 2.18 bits per heavy atom. The third-order valence-corrected chi connectivity index (χ3v) is 3.30. The number of carbonyl (C=O) groups excluding carboxylic acids is 1. The third kappa shape index (κ3) is 3.03. The first-order chi connectivity index (χ1) is 8.16. The van der Waals surface area contributed by atoms with Crippen LogP contribution >= 0.6 is 0 Å². The van der Waals surface area contributed by atoms with E-state index >= 15 is 0 Å². The van der Waals surface area contributed by atoms with Crippen LogP contribution in [-0.2, 0) is 4.79 Å². The average Bonchev–Trinajstić information content (AvgIpc) is 2.29. The molecule has 17 heavy (non-hydrogen) atoms. The SMILES string of the molecule is Cc1cccc(NC(=O)C2CCCCC2N)n1. The molecule has 0 radical (unpaired) electrons. The fourth-order valence-corrected chi connectivity index (χ4v) is 2.32. The molecule has 0 spiro atoms. The number of carbonyl (C=O) groups is 1. The molecule has 1 aromatic heterocycles. The second kappa shape index (κ2) is 5.27. The molecule has 1 amide bonds. The first-order valence-electron chi connectivity index (χ1n) is 6.17. The van der Waals surface area contributed by atoms with Crippen molar-refractivity contribution >= 4 is 11.7 Å². The standard InChI is InChI=1S/C13H19N3O/c1-9-5-4-8-12(15-9)16-13(17)10-6-2-3-7-11(10)14/h4-5,8,10-11H,2-3,6-7,14H2,1H3,(H,15,16,17). The van der Waals surface area contributed by atoms with Crippen LogP contribution in [-0.4, -0.2) is 16.9 Å². The number of pyridine rings is 1. The van der Waals surface area contributed by atoms with Gasteiger partial charge >= 0.3 is 0 Å². The van der Waals surface area contributed by atoms with Gasteiger partial charge in [0.1, 0.15) is 5.82 Å². The van der Waals surface area contributed by atoms with Gasteiger partial charge in [-0.2, -0.15) is 0 Å². The predicted octanol–water partition coefficient (Wildman–Crippen LogP) is 1.85. The molecule has 92 valence electrons. The molecule has 4 nitrogen and oxygen atoms in total. The van der Waals surface area contributed by atoms with E-state index in [2.05, 4.69) is 10.3 Å². The minimum atomic E-state index is -0.0638. The lowest BCUT2D eigenvalue weighted by atomic mass is 9.84. The van der Waals surface area contributed by atoms with E-state index < -0.39 is 0 Å². The maximum absolute atomic E-state index is 12.1. The van der Waals surface area contributed by atoms with Gasteiger partial charge in [0.25, 0.3) is 0 Å². The number of nitrogens with one attached hydrogen (secondary N) is 1. The van der Waals surface area contributed by atoms with Gasteiger partial charge in [-0.3, -0.25) is 4.79 Å². The number of hydrogen-bond donors (Lipinski definition) is 2. The largest absolute Gasteiger partial charge is 0.327 e. The van der Waals surface area contributed by atoms with E-state index in [0.717, 1.165) is 31.4 Å². The molecule has 4 heteroatoms. The Morgan fingerprint density at radius 1 is 1.41 bits per heavy atom. The van der Waals surface area contributed by atoms with E-state index in [-0.39, 0.29) is 17.9 Å². The minimum absolute atomic E-state index is 0.00596. The van der Waals surface area contributed by atoms with Gasteiger partial charge in [0.05, 0.1) is 5.92 Å². The van der Waals surface area contributed by atoms with Gasteiger partial charge in [-0.05, 0) is 31.9 Å². The molecule has 2 rings (SSSR count). The Hall–Kier alpha value is -1.42. The lowest BCUT2D eigenvalue weighted by Gasteiger charge is -2.27. The van der Waals surface area contributed by atoms with Crippen molar-refractivity contribution in [3.05, 3.63) is 23.9 Å². The van der Waals surface area contributed by atoms with Crippen LogP contribution in [0.1, 0.15) is 31.4 Å². The van der Waals surface area contributed by atoms with Gasteiger partial charge in [0.2, 0.25) is 5.91 Å². The van der Waals surface area contributed by atoms with Gasteiger partial charge in [-0.25, -0.2) is 4.98 Å². The highest BCUT2D eigenvalue weighted by atomic mass is 16.2. The van der Waals surface area contributed by atoms with Crippen molar-refractivity contribution in [2.75, 3.05) is 5.32 Å². The second-order valence-corrected chi connectivity index (χ2v) is 4.71. The molecule has 0 aliphatic heterocycles. The van der Waals surface area contributed by atoms with Crippen LogP contribution < -0.4 is 11.1 Å². The van der Waals surface area contributed by atoms with E-state index in [9.17, 15) is 4.79 Å². The Morgan fingerprint density at radius 3 is 2.88 bits per heavy atom. The van der Waals surface area contributed by atoms with Crippen LogP contribution in [0.3, 0.4) is 0 Å². The molecule has 3 N–H and O–H groups in total. The molecule has 2 unspecified atom stereocenters. The zero-order chi connectivity index (χ0) is 12.3. The summed E-state index contributed by atoms with van der Waals surface area (Å²) in [6.07, 6.45) is 4.05. The van der Waals surface area contributed by atoms with Gasteiger partial charge < -0.3 is 11.1 Å². The van der Waals surface area contributed by atoms with Crippen LogP contribution in [0.2, 0.25) is 0 Å². The number of nitrogens with zero attached hydrogens (tertiary/aromatic N) is 1. The molecule has 0 aromatic carbocycles. The molecule has 1 heterocycles. The van der Waals surface area contributed by atoms with Crippen molar-refractivity contribution in [3.63, 3.8) is 0 Å². The van der Waals surface area contributed by atoms with Crippen molar-refractivity contribution in [3.8, 4) is 0 Å². The summed E-state index contributed by atoms with van der Waals surface area (Å²) in [5.74, 6) is 0.564. The number of nitrogens with two attached hydrogens (primary N) is 1. The van der Waals surface area contributed by atoms with E-state index in [1.54, 1.807) is 6.07 Å².